The van der Waals surface area contributed by atoms with Crippen molar-refractivity contribution in [3.8, 4) is 0 Å². The number of carboxylic acid groups (broad SMARTS) is 1. The Morgan fingerprint density at radius 1 is 1.35 bits per heavy atom. The molecule has 0 aliphatic carbocycles. The second kappa shape index (κ2) is 4.82. The van der Waals surface area contributed by atoms with Gasteiger partial charge in [-0.05, 0) is 32.9 Å². The molecule has 1 aromatic rings. The highest BCUT2D eigenvalue weighted by Crippen LogP contribution is 2.07. The third-order valence-corrected chi connectivity index (χ3v) is 1.74. The topological polar surface area (TPSA) is 91.3 Å². The molecule has 6 nitrogen and oxygen atoms in total. The van der Waals surface area contributed by atoms with Gasteiger partial charge >= 0.3 is 12.0 Å². The zero-order valence-electron chi connectivity index (χ0n) is 9.94. The quantitative estimate of drug-likeness (QED) is 0.730. The number of rotatable bonds is 2. The van der Waals surface area contributed by atoms with Crippen molar-refractivity contribution in [3.63, 3.8) is 0 Å². The number of carbonyl (C=O) groups excluding carboxylic acids is 1. The van der Waals surface area contributed by atoms with Crippen LogP contribution in [0.15, 0.2) is 18.3 Å². The van der Waals surface area contributed by atoms with Crippen molar-refractivity contribution in [2.45, 2.75) is 26.3 Å². The van der Waals surface area contributed by atoms with Gasteiger partial charge in [0.25, 0.3) is 0 Å². The molecule has 3 N–H and O–H groups in total. The molecule has 0 spiro atoms. The van der Waals surface area contributed by atoms with Crippen LogP contribution in [0.2, 0.25) is 0 Å². The fourth-order valence-corrected chi connectivity index (χ4v) is 1.12. The summed E-state index contributed by atoms with van der Waals surface area (Å²) in [6.07, 6.45) is 1.33. The lowest BCUT2D eigenvalue weighted by Crippen LogP contribution is -2.43. The Bertz CT molecular complexity index is 438. The lowest BCUT2D eigenvalue weighted by atomic mass is 10.1. The number of carboxylic acids is 1. The molecule has 2 amide bonds. The molecule has 0 radical (unpaired) electrons. The number of nitrogens with one attached hydrogen (secondary N) is 2. The van der Waals surface area contributed by atoms with E-state index in [1.807, 2.05) is 20.8 Å². The van der Waals surface area contributed by atoms with Gasteiger partial charge in [-0.1, -0.05) is 0 Å². The van der Waals surface area contributed by atoms with E-state index < -0.39 is 12.0 Å². The number of pyridine rings is 1. The molecule has 92 valence electrons. The Balaban J connectivity index is 2.72. The van der Waals surface area contributed by atoms with Gasteiger partial charge in [-0.3, -0.25) is 5.32 Å². The minimum Gasteiger partial charge on any atom is -0.478 e. The molecule has 0 fully saturated rings. The molecule has 1 aromatic heterocycles. The lowest BCUT2D eigenvalue weighted by Gasteiger charge is -2.20. The van der Waals surface area contributed by atoms with Crippen LogP contribution in [-0.2, 0) is 0 Å². The summed E-state index contributed by atoms with van der Waals surface area (Å²) in [6, 6.07) is 2.23. The zero-order chi connectivity index (χ0) is 13.1. The van der Waals surface area contributed by atoms with Gasteiger partial charge in [0, 0.05) is 11.7 Å². The summed E-state index contributed by atoms with van der Waals surface area (Å²) >= 11 is 0. The van der Waals surface area contributed by atoms with Crippen molar-refractivity contribution in [2.24, 2.45) is 0 Å². The molecule has 0 atom stereocenters. The Hall–Kier alpha value is -2.11. The van der Waals surface area contributed by atoms with Crippen LogP contribution in [0.25, 0.3) is 0 Å². The van der Waals surface area contributed by atoms with Crippen LogP contribution in [0.3, 0.4) is 0 Å². The standard InChI is InChI=1S/C11H15N3O3/c1-11(2,3)14-10(17)13-8-6-7(9(15)16)4-5-12-8/h4-6H,1-3H3,(H,15,16)(H2,12,13,14,17). The molecule has 0 saturated heterocycles. The van der Waals surface area contributed by atoms with Gasteiger partial charge in [0.15, 0.2) is 0 Å². The molecule has 0 aromatic carbocycles. The van der Waals surface area contributed by atoms with Gasteiger partial charge in [-0.2, -0.15) is 0 Å². The molecule has 0 aliphatic heterocycles. The maximum atomic E-state index is 11.5. The first kappa shape index (κ1) is 13.0. The molecule has 0 bridgehead atoms. The van der Waals surface area contributed by atoms with E-state index in [2.05, 4.69) is 15.6 Å². The van der Waals surface area contributed by atoms with Gasteiger partial charge < -0.3 is 10.4 Å². The van der Waals surface area contributed by atoms with Crippen molar-refractivity contribution in [1.29, 1.82) is 0 Å². The van der Waals surface area contributed by atoms with Crippen molar-refractivity contribution >= 4 is 17.8 Å². The van der Waals surface area contributed by atoms with Crippen LogP contribution in [0.4, 0.5) is 10.6 Å². The number of urea groups is 1. The molecular formula is C11H15N3O3. The van der Waals surface area contributed by atoms with Gasteiger partial charge in [-0.25, -0.2) is 14.6 Å². The average Bonchev–Trinajstić information content (AvgIpc) is 2.14. The van der Waals surface area contributed by atoms with Crippen LogP contribution in [-0.4, -0.2) is 27.6 Å². The lowest BCUT2D eigenvalue weighted by molar-refractivity contribution is 0.0696. The fraction of sp³-hybridized carbons (Fsp3) is 0.364. The highest BCUT2D eigenvalue weighted by molar-refractivity contribution is 5.92. The Kier molecular flexibility index (Phi) is 3.67. The molecule has 0 saturated carbocycles. The fourth-order valence-electron chi connectivity index (χ4n) is 1.12. The van der Waals surface area contributed by atoms with Crippen molar-refractivity contribution in [2.75, 3.05) is 5.32 Å². The van der Waals surface area contributed by atoms with Crippen LogP contribution >= 0.6 is 0 Å². The van der Waals surface area contributed by atoms with E-state index in [0.29, 0.717) is 0 Å². The van der Waals surface area contributed by atoms with E-state index in [0.717, 1.165) is 0 Å². The van der Waals surface area contributed by atoms with E-state index in [9.17, 15) is 9.59 Å². The van der Waals surface area contributed by atoms with E-state index in [-0.39, 0.29) is 16.9 Å². The number of nitrogens with zero attached hydrogens (tertiary/aromatic N) is 1. The largest absolute Gasteiger partial charge is 0.478 e. The number of hydrogen-bond donors (Lipinski definition) is 3. The first-order chi connectivity index (χ1) is 7.78. The highest BCUT2D eigenvalue weighted by atomic mass is 16.4. The number of anilines is 1. The SMILES string of the molecule is CC(C)(C)NC(=O)Nc1cc(C(=O)O)ccn1. The summed E-state index contributed by atoms with van der Waals surface area (Å²) < 4.78 is 0. The van der Waals surface area contributed by atoms with E-state index in [4.69, 9.17) is 5.11 Å². The number of amides is 2. The normalized spacial score (nSPS) is 10.8. The molecule has 0 aliphatic rings. The zero-order valence-corrected chi connectivity index (χ0v) is 9.94. The number of carbonyl (C=O) groups is 2. The Morgan fingerprint density at radius 3 is 2.53 bits per heavy atom. The summed E-state index contributed by atoms with van der Waals surface area (Å²) in [5.74, 6) is -0.863. The molecule has 0 unspecified atom stereocenters. The first-order valence-electron chi connectivity index (χ1n) is 5.06. The van der Waals surface area contributed by atoms with Crippen molar-refractivity contribution in [1.82, 2.24) is 10.3 Å². The smallest absolute Gasteiger partial charge is 0.335 e. The predicted molar refractivity (Wildman–Crippen MR) is 63.1 cm³/mol. The van der Waals surface area contributed by atoms with E-state index in [1.54, 1.807) is 0 Å². The molecule has 17 heavy (non-hydrogen) atoms. The maximum absolute atomic E-state index is 11.5. The third kappa shape index (κ3) is 4.50. The molecule has 1 rings (SSSR count). The van der Waals surface area contributed by atoms with Crippen LogP contribution in [0, 0.1) is 0 Å². The summed E-state index contributed by atoms with van der Waals surface area (Å²) in [6.45, 7) is 5.52. The maximum Gasteiger partial charge on any atom is 0.335 e. The summed E-state index contributed by atoms with van der Waals surface area (Å²) in [5.41, 5.74) is -0.292. The third-order valence-electron chi connectivity index (χ3n) is 1.74. The number of aromatic nitrogens is 1. The minimum absolute atomic E-state index is 0.0751. The monoisotopic (exact) mass is 237 g/mol. The molecule has 6 heteroatoms. The molecular weight excluding hydrogens is 222 g/mol. The van der Waals surface area contributed by atoms with Gasteiger partial charge in [-0.15, -0.1) is 0 Å². The summed E-state index contributed by atoms with van der Waals surface area (Å²) in [7, 11) is 0. The predicted octanol–water partition coefficient (Wildman–Crippen LogP) is 1.70. The highest BCUT2D eigenvalue weighted by Gasteiger charge is 2.14. The van der Waals surface area contributed by atoms with Crippen molar-refractivity contribution < 1.29 is 14.7 Å². The van der Waals surface area contributed by atoms with Gasteiger partial charge in [0.1, 0.15) is 5.82 Å². The summed E-state index contributed by atoms with van der Waals surface area (Å²) in [5, 5.41) is 13.9. The number of aromatic carboxylic acids is 1. The van der Waals surface area contributed by atoms with Gasteiger partial charge in [0.2, 0.25) is 0 Å². The number of hydrogen-bond acceptors (Lipinski definition) is 3. The Morgan fingerprint density at radius 2 is 2.00 bits per heavy atom. The second-order valence-corrected chi connectivity index (χ2v) is 4.56. The van der Waals surface area contributed by atoms with Crippen LogP contribution in [0.1, 0.15) is 31.1 Å². The van der Waals surface area contributed by atoms with Gasteiger partial charge in [0.05, 0.1) is 5.56 Å². The summed E-state index contributed by atoms with van der Waals surface area (Å²) in [4.78, 5) is 26.1. The van der Waals surface area contributed by atoms with E-state index >= 15 is 0 Å². The first-order valence-corrected chi connectivity index (χ1v) is 5.06. The molecule has 1 heterocycles. The average molecular weight is 237 g/mol. The second-order valence-electron chi connectivity index (χ2n) is 4.56. The van der Waals surface area contributed by atoms with Crippen LogP contribution < -0.4 is 10.6 Å². The van der Waals surface area contributed by atoms with Crippen molar-refractivity contribution in [3.05, 3.63) is 23.9 Å². The van der Waals surface area contributed by atoms with E-state index in [1.165, 1.54) is 18.3 Å². The minimum atomic E-state index is -1.06. The Labute approximate surface area is 99.1 Å². The van der Waals surface area contributed by atoms with Crippen LogP contribution in [0.5, 0.6) is 0 Å².